The van der Waals surface area contributed by atoms with Crippen molar-refractivity contribution < 1.29 is 22.8 Å². The zero-order valence-corrected chi connectivity index (χ0v) is 27.9. The summed E-state index contributed by atoms with van der Waals surface area (Å²) in [6.45, 7) is 6.52. The Labute approximate surface area is 280 Å². The Kier molecular flexibility index (Phi) is 11.1. The van der Waals surface area contributed by atoms with Crippen LogP contribution in [-0.4, -0.2) is 89.6 Å². The third-order valence-corrected chi connectivity index (χ3v) is 8.92. The molecule has 1 fully saturated rings. The molecule has 0 atom stereocenters. The number of benzene rings is 1. The van der Waals surface area contributed by atoms with E-state index in [0.717, 1.165) is 55.6 Å². The molecule has 4 aromatic rings. The van der Waals surface area contributed by atoms with E-state index < -0.39 is 29.2 Å². The maximum absolute atomic E-state index is 13.7. The second-order valence-corrected chi connectivity index (χ2v) is 12.8. The van der Waals surface area contributed by atoms with Crippen molar-refractivity contribution in [2.75, 3.05) is 58.7 Å². The van der Waals surface area contributed by atoms with Crippen LogP contribution >= 0.6 is 11.3 Å². The summed E-state index contributed by atoms with van der Waals surface area (Å²) in [6.07, 6.45) is 1.38. The summed E-state index contributed by atoms with van der Waals surface area (Å²) >= 11 is 0.829. The highest BCUT2D eigenvalue weighted by Gasteiger charge is 2.34. The number of alkyl halides is 3. The van der Waals surface area contributed by atoms with Crippen LogP contribution in [0.3, 0.4) is 0 Å². The Morgan fingerprint density at radius 2 is 1.81 bits per heavy atom. The van der Waals surface area contributed by atoms with Gasteiger partial charge in [-0.15, -0.1) is 11.3 Å². The molecule has 0 saturated carbocycles. The van der Waals surface area contributed by atoms with Gasteiger partial charge in [-0.3, -0.25) is 14.9 Å². The van der Waals surface area contributed by atoms with Crippen molar-refractivity contribution in [1.29, 1.82) is 0 Å². The predicted molar refractivity (Wildman–Crippen MR) is 181 cm³/mol. The number of hydrogen-bond donors (Lipinski definition) is 3. The monoisotopic (exact) mass is 684 g/mol. The lowest BCUT2D eigenvalue weighted by atomic mass is 9.99. The number of carbonyl (C=O) groups is 2. The molecule has 3 N–H and O–H groups in total. The van der Waals surface area contributed by atoms with Crippen molar-refractivity contribution in [3.8, 4) is 21.7 Å². The van der Waals surface area contributed by atoms with Crippen LogP contribution in [0.1, 0.15) is 42.2 Å². The van der Waals surface area contributed by atoms with Crippen LogP contribution in [0.15, 0.2) is 46.8 Å². The van der Waals surface area contributed by atoms with Gasteiger partial charge in [0.25, 0.3) is 5.91 Å². The molecule has 1 aliphatic rings. The molecule has 3 aromatic heterocycles. The van der Waals surface area contributed by atoms with Gasteiger partial charge in [-0.2, -0.15) is 13.2 Å². The normalized spacial score (nSPS) is 13.7. The number of carbonyl (C=O) groups excluding carboxylic acids is 2. The molecule has 0 spiro atoms. The summed E-state index contributed by atoms with van der Waals surface area (Å²) in [7, 11) is 3.79. The minimum atomic E-state index is -4.63. The summed E-state index contributed by atoms with van der Waals surface area (Å²) in [5.74, 6) is -0.316. The van der Waals surface area contributed by atoms with E-state index in [4.69, 9.17) is 0 Å². The van der Waals surface area contributed by atoms with E-state index >= 15 is 0 Å². The van der Waals surface area contributed by atoms with Gasteiger partial charge in [0, 0.05) is 67.0 Å². The molecule has 0 bridgehead atoms. The van der Waals surface area contributed by atoms with Crippen LogP contribution in [-0.2, 0) is 12.7 Å². The van der Waals surface area contributed by atoms with E-state index in [-0.39, 0.29) is 16.4 Å². The minimum Gasteiger partial charge on any atom is -0.351 e. The van der Waals surface area contributed by atoms with Crippen molar-refractivity contribution >= 4 is 40.0 Å². The smallest absolute Gasteiger partial charge is 0.351 e. The highest BCUT2D eigenvalue weighted by molar-refractivity contribution is 7.13. The van der Waals surface area contributed by atoms with Gasteiger partial charge in [0.15, 0.2) is 5.69 Å². The molecule has 48 heavy (non-hydrogen) atoms. The average Bonchev–Trinajstić information content (AvgIpc) is 3.76. The van der Waals surface area contributed by atoms with Gasteiger partial charge in [0.05, 0.1) is 5.52 Å². The number of rotatable bonds is 12. The van der Waals surface area contributed by atoms with Gasteiger partial charge in [-0.05, 0) is 70.2 Å². The number of anilines is 1. The number of hydrogen-bond acceptors (Lipinski definition) is 8. The Morgan fingerprint density at radius 3 is 2.50 bits per heavy atom. The summed E-state index contributed by atoms with van der Waals surface area (Å²) in [5, 5.41) is 9.53. The molecule has 1 saturated heterocycles. The lowest BCUT2D eigenvalue weighted by Gasteiger charge is -2.19. The standard InChI is InChI=1S/C33H39F3N8O3S/c1-4-9-38-32(47)41-28-17-23(31-40-27(20-48-31)33(34,35)36)24(18-39-28)21-7-8-22-26(16-21)44(15-14-43-11-5-6-12-43)19-25(29(22)45)30(46)37-10-13-42(2)3/h7-8,16-20H,4-6,9-15H2,1-3H3,(H,37,46)(H2,38,39,41,47). The summed E-state index contributed by atoms with van der Waals surface area (Å²) in [6, 6.07) is 6.10. The Bertz CT molecular complexity index is 1830. The van der Waals surface area contributed by atoms with Gasteiger partial charge in [-0.25, -0.2) is 14.8 Å². The van der Waals surface area contributed by atoms with Crippen LogP contribution < -0.4 is 21.4 Å². The lowest BCUT2D eigenvalue weighted by Crippen LogP contribution is -2.35. The first-order valence-corrected chi connectivity index (χ1v) is 16.7. The number of halogens is 3. The number of thiazole rings is 1. The zero-order valence-electron chi connectivity index (χ0n) is 27.1. The highest BCUT2D eigenvalue weighted by Crippen LogP contribution is 2.39. The molecule has 0 aliphatic carbocycles. The third-order valence-electron chi connectivity index (χ3n) is 8.04. The first-order valence-electron chi connectivity index (χ1n) is 15.9. The third kappa shape index (κ3) is 8.38. The maximum atomic E-state index is 13.7. The van der Waals surface area contributed by atoms with Gasteiger partial charge in [-0.1, -0.05) is 13.0 Å². The second kappa shape index (κ2) is 15.3. The quantitative estimate of drug-likeness (QED) is 0.189. The second-order valence-electron chi connectivity index (χ2n) is 11.9. The van der Waals surface area contributed by atoms with Crippen LogP contribution in [0.25, 0.3) is 32.6 Å². The number of nitrogens with one attached hydrogen (secondary N) is 3. The fourth-order valence-electron chi connectivity index (χ4n) is 5.51. The van der Waals surface area contributed by atoms with Gasteiger partial charge >= 0.3 is 12.2 Å². The number of nitrogens with zero attached hydrogens (tertiary/aromatic N) is 5. The Morgan fingerprint density at radius 1 is 1.04 bits per heavy atom. The summed E-state index contributed by atoms with van der Waals surface area (Å²) < 4.78 is 42.5. The van der Waals surface area contributed by atoms with Crippen molar-refractivity contribution in [2.24, 2.45) is 0 Å². The van der Waals surface area contributed by atoms with Crippen molar-refractivity contribution in [3.63, 3.8) is 0 Å². The maximum Gasteiger partial charge on any atom is 0.434 e. The predicted octanol–water partition coefficient (Wildman–Crippen LogP) is 5.12. The average molecular weight is 685 g/mol. The topological polar surface area (TPSA) is 124 Å². The first kappa shape index (κ1) is 35.0. The molecule has 0 unspecified atom stereocenters. The molecule has 256 valence electrons. The van der Waals surface area contributed by atoms with Crippen molar-refractivity contribution in [1.82, 2.24) is 35.0 Å². The molecule has 11 nitrogen and oxygen atoms in total. The molecular formula is C33H39F3N8O3S. The van der Waals surface area contributed by atoms with Crippen LogP contribution in [0, 0.1) is 0 Å². The van der Waals surface area contributed by atoms with Crippen LogP contribution in [0.4, 0.5) is 23.8 Å². The SMILES string of the molecule is CCCNC(=O)Nc1cc(-c2nc(C(F)(F)F)cs2)c(-c2ccc3c(=O)c(C(=O)NCCN(C)C)cn(CCN4CCCC4)c3c2)cn1. The number of aromatic nitrogens is 3. The number of likely N-dealkylation sites (tertiary alicyclic amines) is 1. The van der Waals surface area contributed by atoms with Crippen molar-refractivity contribution in [2.45, 2.75) is 38.9 Å². The van der Waals surface area contributed by atoms with E-state index in [1.54, 1.807) is 24.4 Å². The summed E-state index contributed by atoms with van der Waals surface area (Å²) in [4.78, 5) is 51.7. The molecule has 5 rings (SSSR count). The number of fused-ring (bicyclic) bond motifs is 1. The number of likely N-dealkylation sites (N-methyl/N-ethyl adjacent to an activating group) is 1. The largest absolute Gasteiger partial charge is 0.434 e. The molecule has 4 heterocycles. The molecule has 1 aliphatic heterocycles. The minimum absolute atomic E-state index is 0.0389. The molecule has 15 heteroatoms. The van der Waals surface area contributed by atoms with Gasteiger partial charge in [0.2, 0.25) is 5.43 Å². The lowest BCUT2D eigenvalue weighted by molar-refractivity contribution is -0.140. The number of pyridine rings is 2. The van der Waals surface area contributed by atoms with E-state index in [1.165, 1.54) is 12.3 Å². The fraction of sp³-hybridized carbons (Fsp3) is 0.424. The molecule has 3 amide bonds. The Balaban J connectivity index is 1.59. The highest BCUT2D eigenvalue weighted by atomic mass is 32.1. The fourth-order valence-corrected chi connectivity index (χ4v) is 6.36. The van der Waals surface area contributed by atoms with E-state index in [1.807, 2.05) is 30.5 Å². The first-order chi connectivity index (χ1) is 22.9. The number of urea groups is 1. The Hall–Kier alpha value is -4.34. The zero-order chi connectivity index (χ0) is 34.4. The van der Waals surface area contributed by atoms with Crippen LogP contribution in [0.2, 0.25) is 0 Å². The van der Waals surface area contributed by atoms with Gasteiger partial charge in [0.1, 0.15) is 16.4 Å². The molecular weight excluding hydrogens is 645 g/mol. The summed E-state index contributed by atoms with van der Waals surface area (Å²) in [5.41, 5.74) is 0.546. The van der Waals surface area contributed by atoms with Gasteiger partial charge < -0.3 is 25.0 Å². The van der Waals surface area contributed by atoms with E-state index in [2.05, 4.69) is 30.8 Å². The molecule has 1 aromatic carbocycles. The molecule has 0 radical (unpaired) electrons. The van der Waals surface area contributed by atoms with E-state index in [0.29, 0.717) is 53.8 Å². The van der Waals surface area contributed by atoms with E-state index in [9.17, 15) is 27.6 Å². The van der Waals surface area contributed by atoms with Crippen molar-refractivity contribution in [3.05, 3.63) is 63.5 Å². The number of amides is 3. The van der Waals surface area contributed by atoms with Crippen LogP contribution in [0.5, 0.6) is 0 Å².